The zero-order valence-electron chi connectivity index (χ0n) is 15.4. The summed E-state index contributed by atoms with van der Waals surface area (Å²) in [7, 11) is 0. The minimum Gasteiger partial charge on any atom is -0.355 e. The lowest BCUT2D eigenvalue weighted by Crippen LogP contribution is -2.44. The summed E-state index contributed by atoms with van der Waals surface area (Å²) in [6.07, 6.45) is 9.85. The third-order valence-electron chi connectivity index (χ3n) is 4.87. The molecular formula is C20H20ClN5OS. The second-order valence-corrected chi connectivity index (χ2v) is 8.08. The monoisotopic (exact) mass is 413 g/mol. The number of nitrogens with one attached hydrogen (secondary N) is 1. The fourth-order valence-electron chi connectivity index (χ4n) is 3.35. The van der Waals surface area contributed by atoms with E-state index in [0.29, 0.717) is 5.02 Å². The van der Waals surface area contributed by atoms with E-state index in [9.17, 15) is 4.79 Å². The molecule has 1 N–H and O–H groups in total. The van der Waals surface area contributed by atoms with Crippen molar-refractivity contribution in [3.8, 4) is 0 Å². The number of aryl methyl sites for hydroxylation is 1. The van der Waals surface area contributed by atoms with Crippen molar-refractivity contribution in [2.45, 2.75) is 25.8 Å². The number of halogens is 1. The summed E-state index contributed by atoms with van der Waals surface area (Å²) in [5, 5.41) is 5.73. The molecule has 8 heteroatoms. The van der Waals surface area contributed by atoms with Crippen molar-refractivity contribution in [3.05, 3.63) is 52.4 Å². The van der Waals surface area contributed by atoms with Gasteiger partial charge in [0, 0.05) is 37.6 Å². The van der Waals surface area contributed by atoms with E-state index < -0.39 is 0 Å². The number of pyridine rings is 1. The van der Waals surface area contributed by atoms with Crippen LogP contribution in [0.2, 0.25) is 5.02 Å². The van der Waals surface area contributed by atoms with E-state index in [4.69, 9.17) is 11.6 Å². The van der Waals surface area contributed by atoms with Crippen molar-refractivity contribution in [1.82, 2.24) is 20.3 Å². The number of aromatic nitrogens is 3. The highest BCUT2D eigenvalue weighted by Crippen LogP contribution is 2.32. The van der Waals surface area contributed by atoms with Crippen molar-refractivity contribution in [1.29, 1.82) is 0 Å². The van der Waals surface area contributed by atoms with Crippen LogP contribution in [0.3, 0.4) is 0 Å². The van der Waals surface area contributed by atoms with E-state index in [-0.39, 0.29) is 11.9 Å². The van der Waals surface area contributed by atoms with Crippen molar-refractivity contribution in [2.24, 2.45) is 0 Å². The minimum atomic E-state index is -0.107. The Hall–Kier alpha value is -2.51. The number of anilines is 1. The first kappa shape index (κ1) is 18.8. The largest absolute Gasteiger partial charge is 0.355 e. The Morgan fingerprint density at radius 2 is 2.18 bits per heavy atom. The molecule has 4 heterocycles. The summed E-state index contributed by atoms with van der Waals surface area (Å²) >= 11 is 7.75. The molecule has 4 rings (SSSR count). The molecule has 1 amide bonds. The van der Waals surface area contributed by atoms with Crippen LogP contribution in [0.5, 0.6) is 0 Å². The number of rotatable bonds is 4. The van der Waals surface area contributed by atoms with Crippen LogP contribution in [0.15, 0.2) is 36.2 Å². The zero-order chi connectivity index (χ0) is 19.5. The molecule has 3 aromatic rings. The summed E-state index contributed by atoms with van der Waals surface area (Å²) in [5.41, 5.74) is 3.00. The number of carbonyl (C=O) groups is 1. The third-order valence-corrected chi connectivity index (χ3v) is 6.27. The van der Waals surface area contributed by atoms with Crippen LogP contribution in [0.4, 0.5) is 5.82 Å². The molecule has 1 aliphatic heterocycles. The van der Waals surface area contributed by atoms with Gasteiger partial charge in [0.15, 0.2) is 0 Å². The molecule has 0 spiro atoms. The number of hydrogen-bond acceptors (Lipinski definition) is 6. The summed E-state index contributed by atoms with van der Waals surface area (Å²) in [4.78, 5) is 27.4. The Labute approximate surface area is 172 Å². The van der Waals surface area contributed by atoms with Gasteiger partial charge in [0.05, 0.1) is 15.2 Å². The smallest absolute Gasteiger partial charge is 0.244 e. The second kappa shape index (κ2) is 8.24. The Kier molecular flexibility index (Phi) is 5.54. The average Bonchev–Trinajstić information content (AvgIpc) is 3.09. The van der Waals surface area contributed by atoms with Gasteiger partial charge in [-0.2, -0.15) is 0 Å². The highest BCUT2D eigenvalue weighted by Gasteiger charge is 2.23. The summed E-state index contributed by atoms with van der Waals surface area (Å²) in [5.74, 6) is 0.893. The van der Waals surface area contributed by atoms with E-state index in [0.717, 1.165) is 47.5 Å². The average molecular weight is 414 g/mol. The van der Waals surface area contributed by atoms with Gasteiger partial charge < -0.3 is 10.2 Å². The van der Waals surface area contributed by atoms with Gasteiger partial charge in [0.25, 0.3) is 0 Å². The van der Waals surface area contributed by atoms with Gasteiger partial charge in [-0.15, -0.1) is 11.3 Å². The van der Waals surface area contributed by atoms with Gasteiger partial charge in [-0.05, 0) is 48.4 Å². The van der Waals surface area contributed by atoms with E-state index in [1.54, 1.807) is 42.2 Å². The molecule has 0 radical (unpaired) electrons. The Balaban J connectivity index is 1.35. The molecule has 0 aromatic carbocycles. The number of piperidine rings is 1. The highest BCUT2D eigenvalue weighted by molar-refractivity contribution is 7.18. The molecular weight excluding hydrogens is 394 g/mol. The minimum absolute atomic E-state index is 0.107. The van der Waals surface area contributed by atoms with E-state index in [1.165, 1.54) is 11.6 Å². The first-order chi connectivity index (χ1) is 13.6. The molecule has 0 aliphatic carbocycles. The predicted molar refractivity (Wildman–Crippen MR) is 114 cm³/mol. The normalized spacial score (nSPS) is 15.4. The lowest BCUT2D eigenvalue weighted by atomic mass is 10.0. The standard InChI is InChI=1S/C20H20ClN5OS/c1-13-11-28-19-18(13)23-12-24-20(19)26-8-5-15(6-9-26)25-17(27)3-2-14-4-7-22-10-16(14)21/h2-4,7,10-12,15H,5-6,8-9H2,1H3,(H,25,27). The molecule has 3 aromatic heterocycles. The molecule has 28 heavy (non-hydrogen) atoms. The molecule has 0 saturated carbocycles. The van der Waals surface area contributed by atoms with Gasteiger partial charge in [-0.25, -0.2) is 9.97 Å². The number of nitrogens with zero attached hydrogens (tertiary/aromatic N) is 4. The fraction of sp³-hybridized carbons (Fsp3) is 0.300. The summed E-state index contributed by atoms with van der Waals surface area (Å²) < 4.78 is 1.14. The molecule has 144 valence electrons. The number of hydrogen-bond donors (Lipinski definition) is 1. The molecule has 0 bridgehead atoms. The quantitative estimate of drug-likeness (QED) is 0.658. The van der Waals surface area contributed by atoms with Crippen LogP contribution in [-0.4, -0.2) is 40.0 Å². The lowest BCUT2D eigenvalue weighted by molar-refractivity contribution is -0.117. The van der Waals surface area contributed by atoms with Crippen LogP contribution in [0.1, 0.15) is 24.0 Å². The van der Waals surface area contributed by atoms with E-state index in [2.05, 4.69) is 37.5 Å². The Morgan fingerprint density at radius 1 is 1.36 bits per heavy atom. The first-order valence-electron chi connectivity index (χ1n) is 9.13. The van der Waals surface area contributed by atoms with Gasteiger partial charge in [0.2, 0.25) is 5.91 Å². The molecule has 0 unspecified atom stereocenters. The van der Waals surface area contributed by atoms with Crippen molar-refractivity contribution in [3.63, 3.8) is 0 Å². The maximum absolute atomic E-state index is 12.2. The van der Waals surface area contributed by atoms with Crippen molar-refractivity contribution >= 4 is 51.0 Å². The van der Waals surface area contributed by atoms with Gasteiger partial charge in [-0.3, -0.25) is 9.78 Å². The first-order valence-corrected chi connectivity index (χ1v) is 10.4. The van der Waals surface area contributed by atoms with Crippen molar-refractivity contribution in [2.75, 3.05) is 18.0 Å². The maximum Gasteiger partial charge on any atom is 0.244 e. The number of fused-ring (bicyclic) bond motifs is 1. The van der Waals surface area contributed by atoms with Gasteiger partial charge in [0.1, 0.15) is 12.1 Å². The van der Waals surface area contributed by atoms with E-state index in [1.807, 2.05) is 0 Å². The predicted octanol–water partition coefficient (Wildman–Crippen LogP) is 3.85. The zero-order valence-corrected chi connectivity index (χ0v) is 17.0. The molecule has 0 atom stereocenters. The SMILES string of the molecule is Cc1csc2c(N3CCC(NC(=O)C=Cc4ccncc4Cl)CC3)ncnc12. The maximum atomic E-state index is 12.2. The fourth-order valence-corrected chi connectivity index (χ4v) is 4.55. The summed E-state index contributed by atoms with van der Waals surface area (Å²) in [6, 6.07) is 1.93. The number of thiophene rings is 1. The number of amides is 1. The van der Waals surface area contributed by atoms with Crippen LogP contribution in [-0.2, 0) is 4.79 Å². The van der Waals surface area contributed by atoms with Crippen molar-refractivity contribution < 1.29 is 4.79 Å². The van der Waals surface area contributed by atoms with Crippen LogP contribution >= 0.6 is 22.9 Å². The van der Waals surface area contributed by atoms with Crippen LogP contribution in [0.25, 0.3) is 16.3 Å². The van der Waals surface area contributed by atoms with E-state index >= 15 is 0 Å². The summed E-state index contributed by atoms with van der Waals surface area (Å²) in [6.45, 7) is 3.78. The van der Waals surface area contributed by atoms with Gasteiger partial charge >= 0.3 is 0 Å². The number of carbonyl (C=O) groups excluding carboxylic acids is 1. The second-order valence-electron chi connectivity index (χ2n) is 6.79. The Bertz CT molecular complexity index is 1030. The lowest BCUT2D eigenvalue weighted by Gasteiger charge is -2.33. The Morgan fingerprint density at radius 3 is 2.96 bits per heavy atom. The third kappa shape index (κ3) is 4.00. The molecule has 6 nitrogen and oxygen atoms in total. The molecule has 1 aliphatic rings. The van der Waals surface area contributed by atoms with Gasteiger partial charge in [-0.1, -0.05) is 11.6 Å². The van der Waals surface area contributed by atoms with Crippen LogP contribution in [0, 0.1) is 6.92 Å². The van der Waals surface area contributed by atoms with Crippen LogP contribution < -0.4 is 10.2 Å². The molecule has 1 fully saturated rings. The molecule has 1 saturated heterocycles. The highest BCUT2D eigenvalue weighted by atomic mass is 35.5. The topological polar surface area (TPSA) is 71.0 Å².